The zero-order chi connectivity index (χ0) is 21.3. The average Bonchev–Trinajstić information content (AvgIpc) is 2.88. The van der Waals surface area contributed by atoms with Gasteiger partial charge in [-0.15, -0.1) is 0 Å². The van der Waals surface area contributed by atoms with E-state index in [9.17, 15) is 4.79 Å². The molecule has 1 amide bonds. The number of amides is 1. The maximum Gasteiger partial charge on any atom is 0.223 e. The molecule has 0 spiro atoms. The summed E-state index contributed by atoms with van der Waals surface area (Å²) in [7, 11) is 0. The van der Waals surface area contributed by atoms with E-state index in [0.717, 1.165) is 58.5 Å². The summed E-state index contributed by atoms with van der Waals surface area (Å²) in [6.07, 6.45) is 5.18. The van der Waals surface area contributed by atoms with Crippen LogP contribution in [0.3, 0.4) is 0 Å². The molecule has 1 aromatic rings. The third-order valence-electron chi connectivity index (χ3n) is 6.04. The van der Waals surface area contributed by atoms with E-state index in [4.69, 9.17) is 0 Å². The monoisotopic (exact) mass is 401 g/mol. The lowest BCUT2D eigenvalue weighted by atomic mass is 9.86. The molecule has 1 saturated heterocycles. The molecule has 0 radical (unpaired) electrons. The quantitative estimate of drug-likeness (QED) is 0.596. The number of hydrogen-bond donors (Lipinski definition) is 1. The van der Waals surface area contributed by atoms with Crippen molar-refractivity contribution in [2.75, 3.05) is 39.3 Å². The van der Waals surface area contributed by atoms with Gasteiger partial charge in [0.05, 0.1) is 0 Å². The van der Waals surface area contributed by atoms with E-state index >= 15 is 0 Å². The van der Waals surface area contributed by atoms with Crippen molar-refractivity contribution in [1.29, 1.82) is 0 Å². The molecule has 1 fully saturated rings. The highest BCUT2D eigenvalue weighted by Gasteiger charge is 2.18. The Bertz CT molecular complexity index is 605. The summed E-state index contributed by atoms with van der Waals surface area (Å²) < 4.78 is 0. The molecule has 4 heteroatoms. The fraction of sp³-hybridized carbons (Fsp3) is 0.720. The van der Waals surface area contributed by atoms with Crippen LogP contribution in [-0.2, 0) is 16.6 Å². The minimum absolute atomic E-state index is 0.212. The highest BCUT2D eigenvalue weighted by Crippen LogP contribution is 2.23. The first kappa shape index (κ1) is 23.9. The van der Waals surface area contributed by atoms with Gasteiger partial charge in [0.2, 0.25) is 5.91 Å². The van der Waals surface area contributed by atoms with Crippen molar-refractivity contribution in [1.82, 2.24) is 15.1 Å². The van der Waals surface area contributed by atoms with Crippen LogP contribution in [0.15, 0.2) is 24.3 Å². The van der Waals surface area contributed by atoms with E-state index in [1.54, 1.807) is 0 Å². The molecular formula is C25H43N3O. The van der Waals surface area contributed by atoms with E-state index < -0.39 is 0 Å². The normalized spacial score (nSPS) is 16.9. The Morgan fingerprint density at radius 1 is 1.10 bits per heavy atom. The summed E-state index contributed by atoms with van der Waals surface area (Å²) in [5.41, 5.74) is 3.04. The second kappa shape index (κ2) is 11.7. The fourth-order valence-electron chi connectivity index (χ4n) is 4.12. The maximum atomic E-state index is 12.1. The smallest absolute Gasteiger partial charge is 0.223 e. The minimum Gasteiger partial charge on any atom is -0.341 e. The van der Waals surface area contributed by atoms with Crippen LogP contribution >= 0.6 is 0 Å². The first-order valence-electron chi connectivity index (χ1n) is 11.6. The molecule has 4 nitrogen and oxygen atoms in total. The lowest BCUT2D eigenvalue weighted by molar-refractivity contribution is -0.130. The van der Waals surface area contributed by atoms with Crippen molar-refractivity contribution in [3.8, 4) is 0 Å². The largest absolute Gasteiger partial charge is 0.341 e. The van der Waals surface area contributed by atoms with Gasteiger partial charge in [-0.05, 0) is 62.2 Å². The van der Waals surface area contributed by atoms with Crippen molar-refractivity contribution in [2.45, 2.75) is 78.2 Å². The summed E-state index contributed by atoms with van der Waals surface area (Å²) in [5, 5.41) is 3.31. The number of nitrogens with zero attached hydrogens (tertiary/aromatic N) is 2. The highest BCUT2D eigenvalue weighted by molar-refractivity contribution is 5.76. The Morgan fingerprint density at radius 3 is 2.48 bits per heavy atom. The fourth-order valence-corrected chi connectivity index (χ4v) is 4.12. The van der Waals surface area contributed by atoms with Crippen molar-refractivity contribution in [3.63, 3.8) is 0 Å². The summed E-state index contributed by atoms with van der Waals surface area (Å²) in [6, 6.07) is 9.73. The number of carbonyl (C=O) groups excluding carboxylic acids is 1. The van der Waals surface area contributed by atoms with E-state index in [1.165, 1.54) is 17.5 Å². The van der Waals surface area contributed by atoms with Crippen LogP contribution in [-0.4, -0.2) is 61.0 Å². The molecule has 1 aliphatic rings. The molecule has 1 heterocycles. The van der Waals surface area contributed by atoms with Crippen molar-refractivity contribution >= 4 is 5.91 Å². The van der Waals surface area contributed by atoms with Crippen molar-refractivity contribution in [2.24, 2.45) is 0 Å². The summed E-state index contributed by atoms with van der Waals surface area (Å²) in [5.74, 6) is 0.312. The standard InChI is InChI=1S/C25H43N3O/c1-6-16-27(17-7-8-18-28-19-15-26-14-13-24(28)29)21(2)20-22-9-11-23(12-10-22)25(3,4)5/h9-12,21,26H,6-8,13-20H2,1-5H3. The van der Waals surface area contributed by atoms with E-state index in [0.29, 0.717) is 18.4 Å². The number of benzene rings is 1. The van der Waals surface area contributed by atoms with E-state index in [-0.39, 0.29) is 5.41 Å². The summed E-state index contributed by atoms with van der Waals surface area (Å²) >= 11 is 0. The van der Waals surface area contributed by atoms with Crippen molar-refractivity contribution in [3.05, 3.63) is 35.4 Å². The molecule has 0 aromatic heterocycles. The van der Waals surface area contributed by atoms with Gasteiger partial charge in [-0.2, -0.15) is 0 Å². The maximum absolute atomic E-state index is 12.1. The molecule has 1 unspecified atom stereocenters. The van der Waals surface area contributed by atoms with Gasteiger partial charge in [0, 0.05) is 38.6 Å². The van der Waals surface area contributed by atoms with Gasteiger partial charge in [-0.25, -0.2) is 0 Å². The average molecular weight is 402 g/mol. The zero-order valence-corrected chi connectivity index (χ0v) is 19.5. The molecule has 164 valence electrons. The number of hydrogen-bond acceptors (Lipinski definition) is 3. The first-order chi connectivity index (χ1) is 13.8. The lowest BCUT2D eigenvalue weighted by Gasteiger charge is -2.29. The predicted octanol–water partition coefficient (Wildman–Crippen LogP) is 4.23. The van der Waals surface area contributed by atoms with Gasteiger partial charge < -0.3 is 15.1 Å². The molecule has 29 heavy (non-hydrogen) atoms. The highest BCUT2D eigenvalue weighted by atomic mass is 16.2. The van der Waals surface area contributed by atoms with Crippen LogP contribution < -0.4 is 5.32 Å². The van der Waals surface area contributed by atoms with Crippen molar-refractivity contribution < 1.29 is 4.79 Å². The first-order valence-corrected chi connectivity index (χ1v) is 11.6. The van der Waals surface area contributed by atoms with Gasteiger partial charge in [0.25, 0.3) is 0 Å². The molecule has 1 aromatic carbocycles. The lowest BCUT2D eigenvalue weighted by Crippen LogP contribution is -2.37. The molecule has 1 N–H and O–H groups in total. The van der Waals surface area contributed by atoms with Gasteiger partial charge in [0.1, 0.15) is 0 Å². The van der Waals surface area contributed by atoms with Crippen LogP contribution in [0.5, 0.6) is 0 Å². The third-order valence-corrected chi connectivity index (χ3v) is 6.04. The Labute approximate surface area is 179 Å². The molecule has 2 rings (SSSR count). The van der Waals surface area contributed by atoms with Crippen LogP contribution in [0.2, 0.25) is 0 Å². The van der Waals surface area contributed by atoms with Gasteiger partial charge >= 0.3 is 0 Å². The number of nitrogens with one attached hydrogen (secondary N) is 1. The SMILES string of the molecule is CCCN(CCCCN1CCNCCC1=O)C(C)Cc1ccc(C(C)(C)C)cc1. The van der Waals surface area contributed by atoms with E-state index in [1.807, 2.05) is 4.90 Å². The predicted molar refractivity (Wildman–Crippen MR) is 123 cm³/mol. The third kappa shape index (κ3) is 8.10. The van der Waals surface area contributed by atoms with Crippen LogP contribution in [0.25, 0.3) is 0 Å². The van der Waals surface area contributed by atoms with Gasteiger partial charge in [0.15, 0.2) is 0 Å². The van der Waals surface area contributed by atoms with E-state index in [2.05, 4.69) is 69.1 Å². The topological polar surface area (TPSA) is 35.6 Å². The molecule has 0 aliphatic carbocycles. The molecular weight excluding hydrogens is 358 g/mol. The molecule has 1 aliphatic heterocycles. The Kier molecular flexibility index (Phi) is 9.64. The minimum atomic E-state index is 0.212. The Morgan fingerprint density at radius 2 is 1.83 bits per heavy atom. The molecule has 0 saturated carbocycles. The van der Waals surface area contributed by atoms with Gasteiger partial charge in [-0.3, -0.25) is 4.79 Å². The van der Waals surface area contributed by atoms with Crippen LogP contribution in [0.4, 0.5) is 0 Å². The van der Waals surface area contributed by atoms with Gasteiger partial charge in [-0.1, -0.05) is 52.0 Å². The Hall–Kier alpha value is -1.39. The summed E-state index contributed by atoms with van der Waals surface area (Å²) in [6.45, 7) is 17.2. The number of carbonyl (C=O) groups is 1. The zero-order valence-electron chi connectivity index (χ0n) is 19.5. The second-order valence-corrected chi connectivity index (χ2v) is 9.62. The molecule has 0 bridgehead atoms. The number of rotatable bonds is 10. The summed E-state index contributed by atoms with van der Waals surface area (Å²) in [4.78, 5) is 16.8. The van der Waals surface area contributed by atoms with Crippen LogP contribution in [0.1, 0.15) is 71.4 Å². The Balaban J connectivity index is 1.80. The molecule has 1 atom stereocenters. The van der Waals surface area contributed by atoms with Crippen LogP contribution in [0, 0.1) is 0 Å². The number of unbranched alkanes of at least 4 members (excludes halogenated alkanes) is 1. The second-order valence-electron chi connectivity index (χ2n) is 9.62.